The smallest absolute Gasteiger partial charge is 0.321 e. The third kappa shape index (κ3) is 2.24. The summed E-state index contributed by atoms with van der Waals surface area (Å²) >= 11 is 1.45. The monoisotopic (exact) mass is 220 g/mol. The summed E-state index contributed by atoms with van der Waals surface area (Å²) in [5.41, 5.74) is 0.856. The first-order chi connectivity index (χ1) is 7.29. The molecule has 0 bridgehead atoms. The molecule has 0 saturated carbocycles. The Kier molecular flexibility index (Phi) is 2.82. The highest BCUT2D eigenvalue weighted by Gasteiger charge is 2.05. The average molecular weight is 220 g/mol. The van der Waals surface area contributed by atoms with E-state index < -0.39 is 0 Å². The molecular weight excluding hydrogens is 210 g/mol. The number of hydrogen-bond acceptors (Lipinski definition) is 3. The number of carbonyl (C=O) groups excluding carboxylic acids is 1. The summed E-state index contributed by atoms with van der Waals surface area (Å²) in [6.07, 6.45) is 0. The Morgan fingerprint density at radius 2 is 2.53 bits per heavy atom. The fraction of sp³-hybridized carbons (Fsp3) is 0.200. The second-order valence-corrected chi connectivity index (χ2v) is 3.93. The van der Waals surface area contributed by atoms with E-state index in [4.69, 9.17) is 0 Å². The summed E-state index contributed by atoms with van der Waals surface area (Å²) in [7, 11) is 0. The van der Waals surface area contributed by atoms with E-state index in [-0.39, 0.29) is 6.03 Å². The van der Waals surface area contributed by atoms with Gasteiger partial charge in [0, 0.05) is 6.54 Å². The maximum absolute atomic E-state index is 11.2. The molecule has 0 saturated heterocycles. The summed E-state index contributed by atoms with van der Waals surface area (Å²) in [5, 5.41) is 5.93. The second kappa shape index (κ2) is 4.27. The number of rotatable bonds is 2. The molecule has 0 aliphatic heterocycles. The Morgan fingerprint density at radius 1 is 1.67 bits per heavy atom. The summed E-state index contributed by atoms with van der Waals surface area (Å²) in [4.78, 5) is 15.5. The maximum Gasteiger partial charge on any atom is 0.321 e. The van der Waals surface area contributed by atoms with Crippen LogP contribution in [0.3, 0.4) is 0 Å². The summed E-state index contributed by atoms with van der Waals surface area (Å²) in [6.45, 7) is 2.47. The lowest BCUT2D eigenvalue weighted by Crippen LogP contribution is -2.28. The number of nitrogens with one attached hydrogen (secondary N) is 2. The van der Waals surface area contributed by atoms with Gasteiger partial charge in [-0.15, -0.1) is 0 Å². The summed E-state index contributed by atoms with van der Waals surface area (Å²) in [5.74, 6) is 0. The first kappa shape index (κ1) is 9.92. The molecule has 0 aliphatic rings. The van der Waals surface area contributed by atoms with Crippen molar-refractivity contribution >= 4 is 32.7 Å². The van der Waals surface area contributed by atoms with Gasteiger partial charge < -0.3 is 5.32 Å². The Hall–Kier alpha value is -1.62. The molecule has 5 heteroatoms. The van der Waals surface area contributed by atoms with E-state index in [1.54, 1.807) is 6.07 Å². The molecule has 1 aromatic heterocycles. The fourth-order valence-electron chi connectivity index (χ4n) is 1.17. The van der Waals surface area contributed by atoms with Gasteiger partial charge in [0.2, 0.25) is 0 Å². The minimum Gasteiger partial charge on any atom is -0.338 e. The molecule has 1 heterocycles. The summed E-state index contributed by atoms with van der Waals surface area (Å²) in [6, 6.07) is 8.28. The van der Waals surface area contributed by atoms with Crippen molar-refractivity contribution in [1.82, 2.24) is 10.3 Å². The molecule has 77 valence electrons. The number of nitrogens with zero attached hydrogens (tertiary/aromatic N) is 1. The number of aromatic nitrogens is 1. The average Bonchev–Trinajstić information content (AvgIpc) is 2.59. The highest BCUT2D eigenvalue weighted by molar-refractivity contribution is 7.22. The Labute approximate surface area is 91.3 Å². The van der Waals surface area contributed by atoms with Crippen LogP contribution >= 0.6 is 11.3 Å². The van der Waals surface area contributed by atoms with Crippen LogP contribution in [0.5, 0.6) is 0 Å². The van der Waals surface area contributed by atoms with Crippen LogP contribution in [0.4, 0.5) is 9.93 Å². The van der Waals surface area contributed by atoms with Gasteiger partial charge >= 0.3 is 6.03 Å². The molecule has 4 nitrogen and oxygen atoms in total. The second-order valence-electron chi connectivity index (χ2n) is 2.90. The number of urea groups is 1. The topological polar surface area (TPSA) is 54.0 Å². The van der Waals surface area contributed by atoms with E-state index in [1.807, 2.05) is 19.1 Å². The SMILES string of the molecule is CCNC(=O)Nc1nc2c[c]ccc2s1. The lowest BCUT2D eigenvalue weighted by molar-refractivity contribution is 0.252. The van der Waals surface area contributed by atoms with Gasteiger partial charge in [0.15, 0.2) is 5.13 Å². The van der Waals surface area contributed by atoms with Crippen molar-refractivity contribution in [3.8, 4) is 0 Å². The standard InChI is InChI=1S/C10H10N3OS/c1-2-11-9(14)13-10-12-7-5-3-4-6-8(7)15-10/h4-6H,2H2,1H3,(H2,11,12,13,14). The van der Waals surface area contributed by atoms with Crippen LogP contribution in [-0.2, 0) is 0 Å². The molecule has 0 aliphatic carbocycles. The fourth-order valence-corrected chi connectivity index (χ4v) is 2.01. The van der Waals surface area contributed by atoms with Crippen molar-refractivity contribution < 1.29 is 4.79 Å². The van der Waals surface area contributed by atoms with E-state index in [1.165, 1.54) is 11.3 Å². The van der Waals surface area contributed by atoms with Crippen molar-refractivity contribution in [2.45, 2.75) is 6.92 Å². The molecule has 0 atom stereocenters. The van der Waals surface area contributed by atoms with Crippen LogP contribution in [0.15, 0.2) is 18.2 Å². The Morgan fingerprint density at radius 3 is 3.27 bits per heavy atom. The van der Waals surface area contributed by atoms with Crippen molar-refractivity contribution in [3.05, 3.63) is 24.3 Å². The minimum absolute atomic E-state index is 0.222. The third-order valence-electron chi connectivity index (χ3n) is 1.79. The molecule has 0 spiro atoms. The Balaban J connectivity index is 2.18. The molecule has 0 fully saturated rings. The molecular formula is C10H10N3OS. The highest BCUT2D eigenvalue weighted by atomic mass is 32.1. The molecule has 2 aromatic rings. The van der Waals surface area contributed by atoms with E-state index in [0.717, 1.165) is 10.2 Å². The van der Waals surface area contributed by atoms with Crippen molar-refractivity contribution in [2.75, 3.05) is 11.9 Å². The van der Waals surface area contributed by atoms with Crippen molar-refractivity contribution in [3.63, 3.8) is 0 Å². The zero-order valence-corrected chi connectivity index (χ0v) is 9.02. The van der Waals surface area contributed by atoms with Gasteiger partial charge in [-0.25, -0.2) is 9.78 Å². The molecule has 2 rings (SSSR count). The summed E-state index contributed by atoms with van der Waals surface area (Å²) < 4.78 is 1.04. The zero-order chi connectivity index (χ0) is 10.7. The van der Waals surface area contributed by atoms with E-state index in [0.29, 0.717) is 11.7 Å². The first-order valence-corrected chi connectivity index (χ1v) is 5.42. The van der Waals surface area contributed by atoms with Crippen molar-refractivity contribution in [2.24, 2.45) is 0 Å². The van der Waals surface area contributed by atoms with E-state index in [9.17, 15) is 4.79 Å². The highest BCUT2D eigenvalue weighted by Crippen LogP contribution is 2.24. The van der Waals surface area contributed by atoms with E-state index >= 15 is 0 Å². The third-order valence-corrected chi connectivity index (χ3v) is 2.74. The van der Waals surface area contributed by atoms with Crippen LogP contribution in [0.25, 0.3) is 10.2 Å². The zero-order valence-electron chi connectivity index (χ0n) is 8.20. The first-order valence-electron chi connectivity index (χ1n) is 4.61. The van der Waals surface area contributed by atoms with Gasteiger partial charge in [0.05, 0.1) is 10.2 Å². The van der Waals surface area contributed by atoms with Gasteiger partial charge in [-0.3, -0.25) is 5.32 Å². The number of carbonyl (C=O) groups is 1. The van der Waals surface area contributed by atoms with Gasteiger partial charge in [-0.1, -0.05) is 17.4 Å². The van der Waals surface area contributed by atoms with Gasteiger partial charge in [0.25, 0.3) is 0 Å². The molecule has 2 N–H and O–H groups in total. The van der Waals surface area contributed by atoms with Gasteiger partial charge in [-0.05, 0) is 25.1 Å². The number of benzene rings is 1. The van der Waals surface area contributed by atoms with E-state index in [2.05, 4.69) is 21.7 Å². The Bertz CT molecular complexity index is 447. The number of fused-ring (bicyclic) bond motifs is 1. The number of anilines is 1. The van der Waals surface area contributed by atoms with Crippen LogP contribution < -0.4 is 10.6 Å². The lowest BCUT2D eigenvalue weighted by Gasteiger charge is -2.00. The quantitative estimate of drug-likeness (QED) is 0.815. The largest absolute Gasteiger partial charge is 0.338 e. The van der Waals surface area contributed by atoms with Crippen molar-refractivity contribution in [1.29, 1.82) is 0 Å². The van der Waals surface area contributed by atoms with Crippen LogP contribution in [0.2, 0.25) is 0 Å². The molecule has 1 aromatic carbocycles. The van der Waals surface area contributed by atoms with Crippen LogP contribution in [0, 0.1) is 6.07 Å². The molecule has 2 amide bonds. The molecule has 1 radical (unpaired) electrons. The minimum atomic E-state index is -0.222. The molecule has 0 unspecified atom stereocenters. The molecule has 15 heavy (non-hydrogen) atoms. The van der Waals surface area contributed by atoms with Crippen LogP contribution in [-0.4, -0.2) is 17.6 Å². The normalized spacial score (nSPS) is 10.2. The predicted octanol–water partition coefficient (Wildman–Crippen LogP) is 2.24. The van der Waals surface area contributed by atoms with Gasteiger partial charge in [-0.2, -0.15) is 0 Å². The number of hydrogen-bond donors (Lipinski definition) is 2. The lowest BCUT2D eigenvalue weighted by atomic mass is 10.3. The van der Waals surface area contributed by atoms with Crippen LogP contribution in [0.1, 0.15) is 6.92 Å². The number of thiazole rings is 1. The van der Waals surface area contributed by atoms with Gasteiger partial charge in [0.1, 0.15) is 0 Å². The number of amides is 2. The maximum atomic E-state index is 11.2. The predicted molar refractivity (Wildman–Crippen MR) is 61.2 cm³/mol.